The van der Waals surface area contributed by atoms with Crippen molar-refractivity contribution in [3.8, 4) is 0 Å². The summed E-state index contributed by atoms with van der Waals surface area (Å²) >= 11 is 5.60. The van der Waals surface area contributed by atoms with Crippen molar-refractivity contribution in [2.45, 2.75) is 6.54 Å². The third-order valence-corrected chi connectivity index (χ3v) is 2.72. The standard InChI is InChI=1S/C11H7ClFN3O4/c12-7-2-1-6(8(13)3-7)4-15-5-9(16(19)20)10(14-15)11(17)18/h1-3,5H,4H2,(H,17,18). The van der Waals surface area contributed by atoms with Crippen molar-refractivity contribution in [1.29, 1.82) is 0 Å². The van der Waals surface area contributed by atoms with E-state index in [0.29, 0.717) is 0 Å². The van der Waals surface area contributed by atoms with E-state index in [1.54, 1.807) is 0 Å². The summed E-state index contributed by atoms with van der Waals surface area (Å²) in [4.78, 5) is 20.7. The smallest absolute Gasteiger partial charge is 0.363 e. The Hall–Kier alpha value is -2.48. The molecule has 0 saturated heterocycles. The van der Waals surface area contributed by atoms with Crippen LogP contribution in [0.4, 0.5) is 10.1 Å². The molecule has 0 aliphatic heterocycles. The van der Waals surface area contributed by atoms with Gasteiger partial charge in [-0.2, -0.15) is 5.10 Å². The first-order valence-corrected chi connectivity index (χ1v) is 5.65. The van der Waals surface area contributed by atoms with E-state index in [1.165, 1.54) is 12.1 Å². The fourth-order valence-corrected chi connectivity index (χ4v) is 1.76. The fraction of sp³-hybridized carbons (Fsp3) is 0.0909. The molecule has 1 N–H and O–H groups in total. The Morgan fingerprint density at radius 3 is 2.75 bits per heavy atom. The molecule has 1 aromatic carbocycles. The summed E-state index contributed by atoms with van der Waals surface area (Å²) in [6.45, 7) is -0.142. The van der Waals surface area contributed by atoms with E-state index in [-0.39, 0.29) is 17.1 Å². The second kappa shape index (κ2) is 5.25. The Labute approximate surface area is 116 Å². The number of nitro groups is 1. The summed E-state index contributed by atoms with van der Waals surface area (Å²) in [6, 6.07) is 3.94. The Balaban J connectivity index is 2.37. The predicted octanol–water partition coefficient (Wildman–Crippen LogP) is 2.33. The zero-order valence-electron chi connectivity index (χ0n) is 9.79. The number of aromatic nitrogens is 2. The van der Waals surface area contributed by atoms with Crippen LogP contribution in [0.5, 0.6) is 0 Å². The van der Waals surface area contributed by atoms with E-state index in [2.05, 4.69) is 5.10 Å². The van der Waals surface area contributed by atoms with Gasteiger partial charge in [0.15, 0.2) is 0 Å². The van der Waals surface area contributed by atoms with Crippen molar-refractivity contribution in [1.82, 2.24) is 9.78 Å². The summed E-state index contributed by atoms with van der Waals surface area (Å²) in [6.07, 6.45) is 0.942. The molecule has 0 aliphatic rings. The van der Waals surface area contributed by atoms with E-state index in [0.717, 1.165) is 16.9 Å². The molecule has 0 aliphatic carbocycles. The van der Waals surface area contributed by atoms with Gasteiger partial charge in [-0.05, 0) is 12.1 Å². The molecule has 2 aromatic rings. The van der Waals surface area contributed by atoms with Crippen molar-refractivity contribution in [3.05, 3.63) is 56.6 Å². The first-order valence-electron chi connectivity index (χ1n) is 5.27. The minimum Gasteiger partial charge on any atom is -0.476 e. The molecule has 20 heavy (non-hydrogen) atoms. The number of hydrogen-bond acceptors (Lipinski definition) is 4. The van der Waals surface area contributed by atoms with Crippen molar-refractivity contribution >= 4 is 23.3 Å². The average Bonchev–Trinajstić information content (AvgIpc) is 2.77. The van der Waals surface area contributed by atoms with Gasteiger partial charge in [0.25, 0.3) is 0 Å². The minimum absolute atomic E-state index is 0.142. The number of rotatable bonds is 4. The van der Waals surface area contributed by atoms with Gasteiger partial charge in [0.2, 0.25) is 5.69 Å². The van der Waals surface area contributed by atoms with Gasteiger partial charge in [-0.1, -0.05) is 17.7 Å². The number of aromatic carboxylic acids is 1. The Morgan fingerprint density at radius 2 is 2.25 bits per heavy atom. The second-order valence-corrected chi connectivity index (χ2v) is 4.29. The van der Waals surface area contributed by atoms with E-state index in [1.807, 2.05) is 0 Å². The summed E-state index contributed by atoms with van der Waals surface area (Å²) in [5.41, 5.74) is -1.15. The van der Waals surface area contributed by atoms with Crippen LogP contribution in [0, 0.1) is 15.9 Å². The van der Waals surface area contributed by atoms with Gasteiger partial charge >= 0.3 is 11.7 Å². The number of carboxylic acid groups (broad SMARTS) is 1. The van der Waals surface area contributed by atoms with Crippen molar-refractivity contribution in [2.75, 3.05) is 0 Å². The maximum absolute atomic E-state index is 13.6. The molecule has 0 amide bonds. The summed E-state index contributed by atoms with van der Waals surface area (Å²) < 4.78 is 14.6. The zero-order chi connectivity index (χ0) is 14.9. The minimum atomic E-state index is -1.52. The quantitative estimate of drug-likeness (QED) is 0.690. The highest BCUT2D eigenvalue weighted by Crippen LogP contribution is 2.19. The van der Waals surface area contributed by atoms with E-state index in [4.69, 9.17) is 16.7 Å². The first-order chi connectivity index (χ1) is 9.38. The molecule has 0 fully saturated rings. The third-order valence-electron chi connectivity index (χ3n) is 2.49. The lowest BCUT2D eigenvalue weighted by Gasteiger charge is -2.03. The van der Waals surface area contributed by atoms with Gasteiger partial charge in [0, 0.05) is 10.6 Å². The molecular formula is C11H7ClFN3O4. The van der Waals surface area contributed by atoms with Gasteiger partial charge in [-0.3, -0.25) is 14.8 Å². The molecular weight excluding hydrogens is 293 g/mol. The SMILES string of the molecule is O=C(O)c1nn(Cc2ccc(Cl)cc2F)cc1[N+](=O)[O-]. The van der Waals surface area contributed by atoms with Crippen LogP contribution >= 0.6 is 11.6 Å². The molecule has 0 atom stereocenters. The molecule has 0 bridgehead atoms. The van der Waals surface area contributed by atoms with Crippen LogP contribution in [0.1, 0.15) is 16.1 Å². The first kappa shape index (κ1) is 13.9. The predicted molar refractivity (Wildman–Crippen MR) is 66.4 cm³/mol. The lowest BCUT2D eigenvalue weighted by atomic mass is 10.2. The maximum Gasteiger partial charge on any atom is 0.363 e. The number of carbonyl (C=O) groups is 1. The summed E-state index contributed by atoms with van der Waals surface area (Å²) in [5.74, 6) is -2.13. The largest absolute Gasteiger partial charge is 0.476 e. The van der Waals surface area contributed by atoms with Crippen LogP contribution in [0.15, 0.2) is 24.4 Å². The van der Waals surface area contributed by atoms with Crippen molar-refractivity contribution in [3.63, 3.8) is 0 Å². The molecule has 0 radical (unpaired) electrons. The van der Waals surface area contributed by atoms with Gasteiger partial charge in [-0.15, -0.1) is 0 Å². The van der Waals surface area contributed by atoms with E-state index >= 15 is 0 Å². The number of benzene rings is 1. The molecule has 1 heterocycles. The summed E-state index contributed by atoms with van der Waals surface area (Å²) in [5, 5.41) is 23.3. The van der Waals surface area contributed by atoms with Crippen LogP contribution in [-0.2, 0) is 6.54 Å². The average molecular weight is 300 g/mol. The topological polar surface area (TPSA) is 98.3 Å². The lowest BCUT2D eigenvalue weighted by Crippen LogP contribution is -2.05. The number of nitrogens with zero attached hydrogens (tertiary/aromatic N) is 3. The van der Waals surface area contributed by atoms with Crippen molar-refractivity contribution in [2.24, 2.45) is 0 Å². The molecule has 7 nitrogen and oxygen atoms in total. The van der Waals surface area contributed by atoms with Crippen LogP contribution in [0.2, 0.25) is 5.02 Å². The Morgan fingerprint density at radius 1 is 1.55 bits per heavy atom. The number of hydrogen-bond donors (Lipinski definition) is 1. The van der Waals surface area contributed by atoms with Crippen molar-refractivity contribution < 1.29 is 19.2 Å². The highest BCUT2D eigenvalue weighted by atomic mass is 35.5. The van der Waals surface area contributed by atoms with Gasteiger partial charge in [0.1, 0.15) is 12.0 Å². The Bertz CT molecular complexity index is 669. The van der Waals surface area contributed by atoms with Gasteiger partial charge in [0.05, 0.1) is 11.5 Å². The van der Waals surface area contributed by atoms with Gasteiger partial charge in [-0.25, -0.2) is 9.18 Å². The second-order valence-electron chi connectivity index (χ2n) is 3.86. The van der Waals surface area contributed by atoms with Crippen LogP contribution in [-0.4, -0.2) is 25.8 Å². The Kier molecular flexibility index (Phi) is 3.66. The highest BCUT2D eigenvalue weighted by molar-refractivity contribution is 6.30. The molecule has 2 rings (SSSR count). The van der Waals surface area contributed by atoms with Crippen LogP contribution in [0.3, 0.4) is 0 Å². The molecule has 0 saturated carbocycles. The monoisotopic (exact) mass is 299 g/mol. The van der Waals surface area contributed by atoms with Gasteiger partial charge < -0.3 is 5.11 Å². The molecule has 104 valence electrons. The van der Waals surface area contributed by atoms with E-state index < -0.39 is 28.1 Å². The third kappa shape index (κ3) is 2.75. The lowest BCUT2D eigenvalue weighted by molar-refractivity contribution is -0.385. The molecule has 9 heteroatoms. The molecule has 0 spiro atoms. The number of halogens is 2. The maximum atomic E-state index is 13.6. The normalized spacial score (nSPS) is 10.5. The molecule has 0 unspecified atom stereocenters. The number of carboxylic acids is 1. The summed E-state index contributed by atoms with van der Waals surface area (Å²) in [7, 11) is 0. The van der Waals surface area contributed by atoms with Crippen LogP contribution in [0.25, 0.3) is 0 Å². The highest BCUT2D eigenvalue weighted by Gasteiger charge is 2.25. The van der Waals surface area contributed by atoms with E-state index in [9.17, 15) is 19.3 Å². The fourth-order valence-electron chi connectivity index (χ4n) is 1.60. The van der Waals surface area contributed by atoms with Crippen LogP contribution < -0.4 is 0 Å². The zero-order valence-corrected chi connectivity index (χ0v) is 10.5. The molecule has 1 aromatic heterocycles.